The largest absolute Gasteiger partial charge is 0.430 e. The van der Waals surface area contributed by atoms with Crippen LogP contribution in [-0.4, -0.2) is 72.4 Å². The molecular weight excluding hydrogens is 533 g/mol. The minimum absolute atomic E-state index is 0.109. The molecule has 0 spiro atoms. The maximum atomic E-state index is 6.99. The van der Waals surface area contributed by atoms with Gasteiger partial charge in [-0.2, -0.15) is 0 Å². The van der Waals surface area contributed by atoms with Crippen molar-refractivity contribution in [1.82, 2.24) is 0 Å². The first-order valence-corrected chi connectivity index (χ1v) is 26.1. The van der Waals surface area contributed by atoms with Crippen molar-refractivity contribution < 1.29 is 32.5 Å². The zero-order valence-corrected chi connectivity index (χ0v) is 28.7. The van der Waals surface area contributed by atoms with Crippen LogP contribution in [0.2, 0.25) is 52.4 Å². The third-order valence-electron chi connectivity index (χ3n) is 4.74. The Morgan fingerprint density at radius 3 is 1.24 bits per heavy atom. The summed E-state index contributed by atoms with van der Waals surface area (Å²) in [6.07, 6.45) is 0. The summed E-state index contributed by atoms with van der Waals surface area (Å²) >= 11 is 0. The molecule has 0 aromatic carbocycles. The predicted molar refractivity (Wildman–Crippen MR) is 158 cm³/mol. The van der Waals surface area contributed by atoms with Gasteiger partial charge in [0.2, 0.25) is 0 Å². The molecule has 0 saturated heterocycles. The standard InChI is InChI=1S/C14H30O4Si4.C7H18O3Si2/c1-11-19(6,7)16-21(9,13-3)18-22(10,14-4)17-20(8,12-2)15-5;1-7-12(6,9-3)10-11(4,5)8-2/h11-14H,1-4H2,5-10H3;7H,1H2,2-6H3/i;2T,3T. The number of hydrogen-bond acceptors (Lipinski definition) is 7. The first-order chi connectivity index (χ1) is 16.3. The fourth-order valence-electron chi connectivity index (χ4n) is 2.39. The van der Waals surface area contributed by atoms with Gasteiger partial charge in [0.25, 0.3) is 0 Å². The molecule has 0 saturated carbocycles. The molecule has 0 amide bonds. The summed E-state index contributed by atoms with van der Waals surface area (Å²) in [6.45, 7) is 34.6. The lowest BCUT2D eigenvalue weighted by Crippen LogP contribution is -2.58. The van der Waals surface area contributed by atoms with Gasteiger partial charge < -0.3 is 29.7 Å². The van der Waals surface area contributed by atoms with Gasteiger partial charge in [-0.05, 0) is 52.4 Å². The van der Waals surface area contributed by atoms with Crippen LogP contribution < -0.4 is 0 Å². The van der Waals surface area contributed by atoms with Gasteiger partial charge in [-0.25, -0.2) is 0 Å². The summed E-state index contributed by atoms with van der Waals surface area (Å²) in [6, 6.07) is 0. The quantitative estimate of drug-likeness (QED) is 0.212. The summed E-state index contributed by atoms with van der Waals surface area (Å²) < 4.78 is 54.5. The molecular formula is C21H48O7Si6. The molecule has 0 heterocycles. The minimum atomic E-state index is -2.69. The second kappa shape index (κ2) is 14.5. The van der Waals surface area contributed by atoms with E-state index in [-0.39, 0.29) is 14.2 Å². The molecule has 13 heteroatoms. The third-order valence-corrected chi connectivity index (χ3v) is 24.6. The van der Waals surface area contributed by atoms with Crippen LogP contribution >= 0.6 is 0 Å². The Hall–Kier alpha value is -0.279. The fourth-order valence-corrected chi connectivity index (χ4v) is 21.4. The van der Waals surface area contributed by atoms with Crippen LogP contribution in [0.4, 0.5) is 0 Å². The summed E-state index contributed by atoms with van der Waals surface area (Å²) in [5, 5.41) is 0. The van der Waals surface area contributed by atoms with Gasteiger partial charge in [-0.1, -0.05) is 28.5 Å². The SMILES string of the molecule is C=C[Si](C)(C)O[Si](C)(C=C)O[Si](C)(C=C)O[Si](C)(C=C)OC.[3H]CO[Si](C)(C)O[Si](C)(C=C)OC[3H]. The Balaban J connectivity index is 0. The van der Waals surface area contributed by atoms with Crippen LogP contribution in [0.1, 0.15) is 2.74 Å². The van der Waals surface area contributed by atoms with Gasteiger partial charge in [0.05, 0.1) is 2.74 Å². The molecule has 0 rings (SSSR count). The van der Waals surface area contributed by atoms with Crippen molar-refractivity contribution in [1.29, 1.82) is 0 Å². The van der Waals surface area contributed by atoms with E-state index in [4.69, 9.17) is 32.5 Å². The van der Waals surface area contributed by atoms with Gasteiger partial charge >= 0.3 is 42.8 Å². The van der Waals surface area contributed by atoms with Gasteiger partial charge in [-0.15, -0.1) is 32.9 Å². The Labute approximate surface area is 218 Å². The Kier molecular flexibility index (Phi) is 13.5. The van der Waals surface area contributed by atoms with Crippen molar-refractivity contribution in [3.63, 3.8) is 0 Å². The lowest BCUT2D eigenvalue weighted by Gasteiger charge is -2.40. The van der Waals surface area contributed by atoms with E-state index in [1.807, 2.05) is 45.0 Å². The predicted octanol–water partition coefficient (Wildman–Crippen LogP) is 5.80. The molecule has 34 heavy (non-hydrogen) atoms. The van der Waals surface area contributed by atoms with Crippen molar-refractivity contribution in [2.45, 2.75) is 52.4 Å². The highest BCUT2D eigenvalue weighted by Crippen LogP contribution is 2.26. The van der Waals surface area contributed by atoms with Crippen LogP contribution in [0.5, 0.6) is 0 Å². The Morgan fingerprint density at radius 1 is 0.500 bits per heavy atom. The molecule has 0 aliphatic rings. The van der Waals surface area contributed by atoms with E-state index in [1.165, 1.54) is 0 Å². The fraction of sp³-hybridized carbons (Fsp3) is 0.524. The van der Waals surface area contributed by atoms with Crippen molar-refractivity contribution in [3.8, 4) is 0 Å². The molecule has 7 nitrogen and oxygen atoms in total. The van der Waals surface area contributed by atoms with E-state index >= 15 is 0 Å². The number of hydrogen-bond donors (Lipinski definition) is 0. The molecule has 0 radical (unpaired) electrons. The molecule has 0 aromatic rings. The normalized spacial score (nSPS) is 19.8. The van der Waals surface area contributed by atoms with Crippen LogP contribution in [0.15, 0.2) is 61.4 Å². The summed E-state index contributed by atoms with van der Waals surface area (Å²) in [4.78, 5) is 0. The van der Waals surface area contributed by atoms with E-state index in [2.05, 4.69) is 46.0 Å². The van der Waals surface area contributed by atoms with Crippen LogP contribution in [-0.2, 0) is 29.7 Å². The van der Waals surface area contributed by atoms with Gasteiger partial charge in [0.15, 0.2) is 8.32 Å². The van der Waals surface area contributed by atoms with E-state index in [0.29, 0.717) is 0 Å². The number of rotatable bonds is 16. The first kappa shape index (κ1) is 31.8. The average molecular weight is 585 g/mol. The zero-order chi connectivity index (χ0) is 28.9. The van der Waals surface area contributed by atoms with E-state index < -0.39 is 51.1 Å². The second-order valence-electron chi connectivity index (χ2n) is 8.99. The van der Waals surface area contributed by atoms with Gasteiger partial charge in [0.1, 0.15) is 0 Å². The van der Waals surface area contributed by atoms with Gasteiger partial charge in [0, 0.05) is 21.3 Å². The third kappa shape index (κ3) is 13.1. The summed E-state index contributed by atoms with van der Waals surface area (Å²) in [5.74, 6) is 0. The Bertz CT molecular complexity index is 748. The molecule has 0 bridgehead atoms. The van der Waals surface area contributed by atoms with Gasteiger partial charge in [-0.3, -0.25) is 0 Å². The minimum Gasteiger partial charge on any atom is -0.430 e. The smallest absolute Gasteiger partial charge is 0.352 e. The Morgan fingerprint density at radius 2 is 0.882 bits per heavy atom. The summed E-state index contributed by atoms with van der Waals surface area (Å²) in [5.41, 5.74) is 8.78. The molecule has 0 aliphatic heterocycles. The van der Waals surface area contributed by atoms with E-state index in [1.54, 1.807) is 29.9 Å². The molecule has 4 unspecified atom stereocenters. The molecule has 4 atom stereocenters. The maximum Gasteiger partial charge on any atom is 0.352 e. The molecule has 0 N–H and O–H groups in total. The van der Waals surface area contributed by atoms with Crippen molar-refractivity contribution >= 4 is 51.1 Å². The first-order valence-electron chi connectivity index (χ1n) is 12.1. The molecule has 0 fully saturated rings. The van der Waals surface area contributed by atoms with E-state index in [9.17, 15) is 0 Å². The highest BCUT2D eigenvalue weighted by molar-refractivity contribution is 6.94. The van der Waals surface area contributed by atoms with Crippen LogP contribution in [0.25, 0.3) is 0 Å². The summed E-state index contributed by atoms with van der Waals surface area (Å²) in [7, 11) is -13.2. The highest BCUT2D eigenvalue weighted by atomic mass is 28.5. The molecule has 0 aromatic heterocycles. The van der Waals surface area contributed by atoms with E-state index in [0.717, 1.165) is 0 Å². The lowest BCUT2D eigenvalue weighted by molar-refractivity contribution is 0.255. The highest BCUT2D eigenvalue weighted by Gasteiger charge is 2.46. The molecule has 198 valence electrons. The lowest BCUT2D eigenvalue weighted by atomic mass is 11.3. The maximum absolute atomic E-state index is 6.99. The van der Waals surface area contributed by atoms with Crippen molar-refractivity contribution in [3.05, 3.63) is 61.4 Å². The average Bonchev–Trinajstić information content (AvgIpc) is 2.78. The van der Waals surface area contributed by atoms with Crippen LogP contribution in [0.3, 0.4) is 0 Å². The second-order valence-corrected chi connectivity index (χ2v) is 29.4. The molecule has 0 aliphatic carbocycles. The van der Waals surface area contributed by atoms with Crippen molar-refractivity contribution in [2.75, 3.05) is 21.3 Å². The van der Waals surface area contributed by atoms with Crippen LogP contribution in [0, 0.1) is 0 Å². The van der Waals surface area contributed by atoms with Crippen molar-refractivity contribution in [2.24, 2.45) is 0 Å². The topological polar surface area (TPSA) is 64.6 Å². The zero-order valence-electron chi connectivity index (χ0n) is 24.7. The monoisotopic (exact) mass is 584 g/mol.